The van der Waals surface area contributed by atoms with Gasteiger partial charge in [0, 0.05) is 32.9 Å². The van der Waals surface area contributed by atoms with Gasteiger partial charge in [-0.1, -0.05) is 12.1 Å². The van der Waals surface area contributed by atoms with Gasteiger partial charge in [-0.15, -0.1) is 24.8 Å². The molecule has 2 saturated heterocycles. The number of hydrogen-bond acceptors (Lipinski definition) is 3. The fourth-order valence-electron chi connectivity index (χ4n) is 3.68. The highest BCUT2D eigenvalue weighted by Crippen LogP contribution is 2.35. The molecule has 136 valence electrons. The number of rotatable bonds is 3. The van der Waals surface area contributed by atoms with Crippen LogP contribution in [0, 0.1) is 5.92 Å². The topological polar surface area (TPSA) is 35.6 Å². The third-order valence-corrected chi connectivity index (χ3v) is 4.95. The van der Waals surface area contributed by atoms with E-state index >= 15 is 0 Å². The maximum Gasteiger partial charge on any atom is 0.227 e. The molecule has 6 heteroatoms. The smallest absolute Gasteiger partial charge is 0.227 e. The molecule has 2 heterocycles. The summed E-state index contributed by atoms with van der Waals surface area (Å²) in [6, 6.07) is 8.88. The second-order valence-electron chi connectivity index (χ2n) is 6.72. The maximum absolute atomic E-state index is 12.9. The van der Waals surface area contributed by atoms with Crippen LogP contribution in [-0.2, 0) is 4.79 Å². The monoisotopic (exact) mass is 373 g/mol. The van der Waals surface area contributed by atoms with Gasteiger partial charge in [0.2, 0.25) is 5.91 Å². The molecule has 1 amide bonds. The van der Waals surface area contributed by atoms with Crippen LogP contribution >= 0.6 is 24.8 Å². The summed E-state index contributed by atoms with van der Waals surface area (Å²) >= 11 is 0. The van der Waals surface area contributed by atoms with E-state index in [-0.39, 0.29) is 36.8 Å². The second kappa shape index (κ2) is 9.50. The Labute approximate surface area is 157 Å². The van der Waals surface area contributed by atoms with E-state index < -0.39 is 0 Å². The minimum absolute atomic E-state index is 0. The van der Waals surface area contributed by atoms with Crippen molar-refractivity contribution in [1.82, 2.24) is 10.2 Å². The third kappa shape index (κ3) is 4.56. The minimum Gasteiger partial charge on any atom is -0.378 e. The number of hydrogen-bond donors (Lipinski definition) is 1. The van der Waals surface area contributed by atoms with Gasteiger partial charge in [-0.2, -0.15) is 0 Å². The van der Waals surface area contributed by atoms with Gasteiger partial charge in [0.1, 0.15) is 0 Å². The first-order valence-electron chi connectivity index (χ1n) is 8.45. The number of nitrogens with zero attached hydrogens (tertiary/aromatic N) is 2. The predicted octanol–water partition coefficient (Wildman–Crippen LogP) is 3.26. The molecule has 0 radical (unpaired) electrons. The van der Waals surface area contributed by atoms with Gasteiger partial charge >= 0.3 is 0 Å². The average Bonchev–Trinajstić information content (AvgIpc) is 3.04. The zero-order valence-corrected chi connectivity index (χ0v) is 16.2. The highest BCUT2D eigenvalue weighted by Gasteiger charge is 2.34. The molecule has 1 aromatic rings. The van der Waals surface area contributed by atoms with E-state index in [0.29, 0.717) is 5.91 Å². The van der Waals surface area contributed by atoms with Crippen LogP contribution in [0.25, 0.3) is 0 Å². The Morgan fingerprint density at radius 2 is 2.00 bits per heavy atom. The molecule has 4 nitrogen and oxygen atoms in total. The number of benzene rings is 1. The number of carbonyl (C=O) groups is 1. The van der Waals surface area contributed by atoms with Gasteiger partial charge < -0.3 is 15.1 Å². The van der Waals surface area contributed by atoms with E-state index in [1.54, 1.807) is 0 Å². The Bertz CT molecular complexity index is 533. The Morgan fingerprint density at radius 3 is 2.67 bits per heavy atom. The molecule has 2 fully saturated rings. The van der Waals surface area contributed by atoms with E-state index in [0.717, 1.165) is 45.3 Å². The summed E-state index contributed by atoms with van der Waals surface area (Å²) in [4.78, 5) is 17.1. The van der Waals surface area contributed by atoms with Crippen molar-refractivity contribution >= 4 is 36.4 Å². The van der Waals surface area contributed by atoms with E-state index in [1.807, 2.05) is 0 Å². The lowest BCUT2D eigenvalue weighted by Gasteiger charge is -2.31. The fraction of sp³-hybridized carbons (Fsp3) is 0.611. The Hall–Kier alpha value is -0.970. The number of likely N-dealkylation sites (tertiary alicyclic amines) is 1. The molecule has 0 saturated carbocycles. The van der Waals surface area contributed by atoms with Crippen LogP contribution in [0.15, 0.2) is 24.3 Å². The normalized spacial score (nSPS) is 23.2. The Kier molecular flexibility index (Phi) is 8.34. The molecule has 0 spiro atoms. The largest absolute Gasteiger partial charge is 0.378 e. The van der Waals surface area contributed by atoms with Crippen molar-refractivity contribution in [2.24, 2.45) is 5.92 Å². The zero-order valence-electron chi connectivity index (χ0n) is 14.5. The van der Waals surface area contributed by atoms with Crippen LogP contribution in [0.5, 0.6) is 0 Å². The lowest BCUT2D eigenvalue weighted by molar-refractivity contribution is -0.137. The van der Waals surface area contributed by atoms with Crippen LogP contribution in [0.1, 0.15) is 37.3 Å². The molecule has 1 N–H and O–H groups in total. The molecule has 0 bridgehead atoms. The summed E-state index contributed by atoms with van der Waals surface area (Å²) in [7, 11) is 4.12. The number of piperidine rings is 1. The van der Waals surface area contributed by atoms with E-state index in [2.05, 4.69) is 53.5 Å². The van der Waals surface area contributed by atoms with Gasteiger partial charge in [0.15, 0.2) is 0 Å². The molecule has 2 aliphatic rings. The van der Waals surface area contributed by atoms with Crippen LogP contribution in [0.4, 0.5) is 5.69 Å². The lowest BCUT2D eigenvalue weighted by Crippen LogP contribution is -2.42. The molecule has 0 aliphatic carbocycles. The lowest BCUT2D eigenvalue weighted by atomic mass is 9.96. The van der Waals surface area contributed by atoms with Crippen molar-refractivity contribution in [3.05, 3.63) is 29.8 Å². The fourth-order valence-corrected chi connectivity index (χ4v) is 3.68. The summed E-state index contributed by atoms with van der Waals surface area (Å²) in [5.74, 6) is 0.524. The first-order valence-corrected chi connectivity index (χ1v) is 8.45. The van der Waals surface area contributed by atoms with E-state index in [1.165, 1.54) is 11.3 Å². The maximum atomic E-state index is 12.9. The number of carbonyl (C=O) groups excluding carboxylic acids is 1. The van der Waals surface area contributed by atoms with Crippen molar-refractivity contribution in [3.63, 3.8) is 0 Å². The number of anilines is 1. The van der Waals surface area contributed by atoms with Crippen molar-refractivity contribution in [1.29, 1.82) is 0 Å². The Balaban J connectivity index is 0.00000144. The molecule has 0 aromatic heterocycles. The van der Waals surface area contributed by atoms with Gasteiger partial charge in [-0.3, -0.25) is 4.79 Å². The first-order chi connectivity index (χ1) is 10.7. The average molecular weight is 374 g/mol. The first kappa shape index (κ1) is 21.1. The quantitative estimate of drug-likeness (QED) is 0.882. The van der Waals surface area contributed by atoms with Crippen molar-refractivity contribution in [2.45, 2.75) is 31.7 Å². The van der Waals surface area contributed by atoms with Crippen molar-refractivity contribution in [2.75, 3.05) is 38.6 Å². The summed E-state index contributed by atoms with van der Waals surface area (Å²) in [6.45, 7) is 2.81. The van der Waals surface area contributed by atoms with Gasteiger partial charge in [-0.05, 0) is 49.9 Å². The van der Waals surface area contributed by atoms with Crippen molar-refractivity contribution < 1.29 is 4.79 Å². The summed E-state index contributed by atoms with van der Waals surface area (Å²) < 4.78 is 0. The van der Waals surface area contributed by atoms with Crippen molar-refractivity contribution in [3.8, 4) is 0 Å². The van der Waals surface area contributed by atoms with Crippen LogP contribution in [-0.4, -0.2) is 44.5 Å². The molecular formula is C18H29Cl2N3O. The molecule has 24 heavy (non-hydrogen) atoms. The van der Waals surface area contributed by atoms with Gasteiger partial charge in [0.25, 0.3) is 0 Å². The molecule has 1 aromatic carbocycles. The number of amides is 1. The van der Waals surface area contributed by atoms with E-state index in [4.69, 9.17) is 0 Å². The standard InChI is InChI=1S/C18H27N3O.2ClH/c1-20(2)16-8-3-6-14(12-16)17-9-5-11-21(17)18(22)15-7-4-10-19-13-15;;/h3,6,8,12,15,17,19H,4-5,7,9-11,13H2,1-2H3;2*1H. The Morgan fingerprint density at radius 1 is 1.21 bits per heavy atom. The van der Waals surface area contributed by atoms with Gasteiger partial charge in [0.05, 0.1) is 12.0 Å². The predicted molar refractivity (Wildman–Crippen MR) is 105 cm³/mol. The minimum atomic E-state index is 0. The highest BCUT2D eigenvalue weighted by molar-refractivity contribution is 5.85. The van der Waals surface area contributed by atoms with E-state index in [9.17, 15) is 4.79 Å². The summed E-state index contributed by atoms with van der Waals surface area (Å²) in [6.07, 6.45) is 4.35. The molecule has 2 unspecified atom stereocenters. The third-order valence-electron chi connectivity index (χ3n) is 4.95. The summed E-state index contributed by atoms with van der Waals surface area (Å²) in [5, 5.41) is 3.36. The van der Waals surface area contributed by atoms with Crippen LogP contribution in [0.2, 0.25) is 0 Å². The van der Waals surface area contributed by atoms with Crippen LogP contribution < -0.4 is 10.2 Å². The zero-order chi connectivity index (χ0) is 15.5. The summed E-state index contributed by atoms with van der Waals surface area (Å²) in [5.41, 5.74) is 2.48. The SMILES string of the molecule is CN(C)c1cccc(C2CCCN2C(=O)C2CCCNC2)c1.Cl.Cl. The van der Waals surface area contributed by atoms with Gasteiger partial charge in [-0.25, -0.2) is 0 Å². The highest BCUT2D eigenvalue weighted by atomic mass is 35.5. The molecule has 2 atom stereocenters. The second-order valence-corrected chi connectivity index (χ2v) is 6.72. The van der Waals surface area contributed by atoms with Crippen LogP contribution in [0.3, 0.4) is 0 Å². The molecule has 3 rings (SSSR count). The number of nitrogens with one attached hydrogen (secondary N) is 1. The molecular weight excluding hydrogens is 345 g/mol. The molecule has 2 aliphatic heterocycles. The number of halogens is 2.